The third-order valence-corrected chi connectivity index (χ3v) is 5.50. The lowest BCUT2D eigenvalue weighted by atomic mass is 10.0. The molecule has 2 aromatic carbocycles. The number of hydrogen-bond donors (Lipinski definition) is 2. The van der Waals surface area contributed by atoms with Gasteiger partial charge in [0.05, 0.1) is 7.11 Å². The van der Waals surface area contributed by atoms with Crippen LogP contribution in [0.2, 0.25) is 0 Å². The molecule has 0 aliphatic carbocycles. The lowest BCUT2D eigenvalue weighted by Gasteiger charge is -2.27. The molecular weight excluding hydrogens is 428 g/mol. The van der Waals surface area contributed by atoms with Crippen molar-refractivity contribution in [3.05, 3.63) is 53.6 Å². The number of hydrogen-bond acceptors (Lipinski definition) is 7. The first-order chi connectivity index (χ1) is 16.1. The second-order valence-electron chi connectivity index (χ2n) is 7.90. The van der Waals surface area contributed by atoms with Gasteiger partial charge in [-0.05, 0) is 67.1 Å². The summed E-state index contributed by atoms with van der Waals surface area (Å²) < 4.78 is 21.7. The van der Waals surface area contributed by atoms with Gasteiger partial charge in [-0.3, -0.25) is 10.1 Å². The highest BCUT2D eigenvalue weighted by Crippen LogP contribution is 2.30. The van der Waals surface area contributed by atoms with E-state index >= 15 is 0 Å². The molecule has 2 unspecified atom stereocenters. The molecular formula is C24H28N2O7. The van der Waals surface area contributed by atoms with Gasteiger partial charge in [-0.15, -0.1) is 0 Å². The van der Waals surface area contributed by atoms with Gasteiger partial charge in [-0.2, -0.15) is 0 Å². The number of carbonyl (C=O) groups is 2. The molecule has 9 heteroatoms. The zero-order valence-corrected chi connectivity index (χ0v) is 18.5. The van der Waals surface area contributed by atoms with Gasteiger partial charge in [0.15, 0.2) is 12.4 Å². The Kier molecular flexibility index (Phi) is 7.64. The molecule has 176 valence electrons. The van der Waals surface area contributed by atoms with Gasteiger partial charge in [0, 0.05) is 18.7 Å². The van der Waals surface area contributed by atoms with Crippen molar-refractivity contribution in [3.63, 3.8) is 0 Å². The molecule has 0 radical (unpaired) electrons. The van der Waals surface area contributed by atoms with Crippen molar-refractivity contribution in [2.24, 2.45) is 0 Å². The van der Waals surface area contributed by atoms with Crippen molar-refractivity contribution in [3.8, 4) is 11.5 Å². The van der Waals surface area contributed by atoms with E-state index in [2.05, 4.69) is 10.8 Å². The van der Waals surface area contributed by atoms with E-state index in [0.717, 1.165) is 36.1 Å². The Morgan fingerprint density at radius 2 is 1.94 bits per heavy atom. The number of hydroxylamine groups is 1. The Balaban J connectivity index is 1.24. The number of nitrogens with one attached hydrogen (secondary N) is 2. The predicted molar refractivity (Wildman–Crippen MR) is 119 cm³/mol. The van der Waals surface area contributed by atoms with Gasteiger partial charge in [-0.25, -0.2) is 15.1 Å². The highest BCUT2D eigenvalue weighted by molar-refractivity contribution is 5.85. The molecule has 1 saturated heterocycles. The number of amides is 2. The van der Waals surface area contributed by atoms with Gasteiger partial charge in [-0.1, -0.05) is 12.1 Å². The van der Waals surface area contributed by atoms with Crippen LogP contribution in [0.5, 0.6) is 11.5 Å². The number of benzene rings is 2. The Bertz CT molecular complexity index is 958. The highest BCUT2D eigenvalue weighted by Gasteiger charge is 2.27. The minimum Gasteiger partial charge on any atom is -0.497 e. The Labute approximate surface area is 192 Å². The fraction of sp³-hybridized carbons (Fsp3) is 0.417. The standard InChI is InChI=1S/C24H28N2O7/c1-29-19-9-5-16(6-10-19)15-31-24(28)25-18-8-12-20-17(14-18)7-11-21(32-20)23(27)26-33-22-4-2-3-13-30-22/h5-6,8-10,12,14,21-22H,2-4,7,11,13,15H2,1H3,(H,25,28)(H,26,27). The summed E-state index contributed by atoms with van der Waals surface area (Å²) in [6, 6.07) is 12.6. The van der Waals surface area contributed by atoms with Gasteiger partial charge < -0.3 is 18.9 Å². The molecule has 2 N–H and O–H groups in total. The van der Waals surface area contributed by atoms with Gasteiger partial charge in [0.25, 0.3) is 5.91 Å². The van der Waals surface area contributed by atoms with Gasteiger partial charge in [0.2, 0.25) is 0 Å². The molecule has 4 rings (SSSR count). The number of aryl methyl sites for hydroxylation is 1. The molecule has 9 nitrogen and oxygen atoms in total. The number of anilines is 1. The van der Waals surface area contributed by atoms with Crippen LogP contribution in [0.15, 0.2) is 42.5 Å². The highest BCUT2D eigenvalue weighted by atomic mass is 16.8. The van der Waals surface area contributed by atoms with Crippen LogP contribution in [0, 0.1) is 0 Å². The van der Waals surface area contributed by atoms with Crippen LogP contribution in [-0.2, 0) is 32.1 Å². The largest absolute Gasteiger partial charge is 0.497 e. The van der Waals surface area contributed by atoms with E-state index in [0.29, 0.717) is 30.9 Å². The second kappa shape index (κ2) is 11.0. The van der Waals surface area contributed by atoms with Gasteiger partial charge in [0.1, 0.15) is 18.1 Å². The fourth-order valence-corrected chi connectivity index (χ4v) is 3.67. The van der Waals surface area contributed by atoms with E-state index in [4.69, 9.17) is 23.8 Å². The quantitative estimate of drug-likeness (QED) is 0.612. The second-order valence-corrected chi connectivity index (χ2v) is 7.90. The van der Waals surface area contributed by atoms with Crippen molar-refractivity contribution in [2.75, 3.05) is 19.0 Å². The van der Waals surface area contributed by atoms with E-state index in [9.17, 15) is 9.59 Å². The summed E-state index contributed by atoms with van der Waals surface area (Å²) in [5, 5.41) is 2.72. The topological polar surface area (TPSA) is 104 Å². The molecule has 2 amide bonds. The van der Waals surface area contributed by atoms with Crippen molar-refractivity contribution in [2.45, 2.75) is 51.1 Å². The molecule has 0 aromatic heterocycles. The van der Waals surface area contributed by atoms with Crippen LogP contribution in [0.1, 0.15) is 36.8 Å². The monoisotopic (exact) mass is 456 g/mol. The van der Waals surface area contributed by atoms with E-state index in [1.54, 1.807) is 19.2 Å². The van der Waals surface area contributed by atoms with Crippen LogP contribution in [0.3, 0.4) is 0 Å². The number of ether oxygens (including phenoxy) is 4. The minimum absolute atomic E-state index is 0.147. The predicted octanol–water partition coefficient (Wildman–Crippen LogP) is 3.71. The summed E-state index contributed by atoms with van der Waals surface area (Å²) in [5.74, 6) is 1.01. The van der Waals surface area contributed by atoms with E-state index < -0.39 is 18.5 Å². The van der Waals surface area contributed by atoms with Crippen molar-refractivity contribution in [1.82, 2.24) is 5.48 Å². The maximum atomic E-state index is 12.4. The first-order valence-corrected chi connectivity index (χ1v) is 11.0. The Hall–Kier alpha value is -3.30. The molecule has 2 heterocycles. The summed E-state index contributed by atoms with van der Waals surface area (Å²) >= 11 is 0. The summed E-state index contributed by atoms with van der Waals surface area (Å²) in [5.41, 5.74) is 4.81. The average molecular weight is 456 g/mol. The van der Waals surface area contributed by atoms with Gasteiger partial charge >= 0.3 is 6.09 Å². The molecule has 1 fully saturated rings. The number of rotatable bonds is 7. The fourth-order valence-electron chi connectivity index (χ4n) is 3.67. The van der Waals surface area contributed by atoms with Crippen LogP contribution < -0.4 is 20.3 Å². The molecule has 0 spiro atoms. The number of methoxy groups -OCH3 is 1. The van der Waals surface area contributed by atoms with E-state index in [-0.39, 0.29) is 12.5 Å². The zero-order chi connectivity index (χ0) is 23.0. The third-order valence-electron chi connectivity index (χ3n) is 5.50. The lowest BCUT2D eigenvalue weighted by Crippen LogP contribution is -2.42. The summed E-state index contributed by atoms with van der Waals surface area (Å²) in [7, 11) is 1.60. The smallest absolute Gasteiger partial charge is 0.411 e. The average Bonchev–Trinajstić information content (AvgIpc) is 2.86. The molecule has 2 aromatic rings. The molecule has 2 atom stereocenters. The van der Waals surface area contributed by atoms with Crippen LogP contribution in [0.25, 0.3) is 0 Å². The van der Waals surface area contributed by atoms with Crippen molar-refractivity contribution < 1.29 is 33.4 Å². The lowest BCUT2D eigenvalue weighted by molar-refractivity contribution is -0.203. The normalized spacial score (nSPS) is 19.5. The summed E-state index contributed by atoms with van der Waals surface area (Å²) in [6.07, 6.45) is 2.30. The SMILES string of the molecule is COc1ccc(COC(=O)Nc2ccc3c(c2)CCC(C(=O)NOC2CCCCO2)O3)cc1. The van der Waals surface area contributed by atoms with E-state index in [1.807, 2.05) is 30.3 Å². The maximum Gasteiger partial charge on any atom is 0.411 e. The van der Waals surface area contributed by atoms with Crippen molar-refractivity contribution >= 4 is 17.7 Å². The first-order valence-electron chi connectivity index (χ1n) is 11.0. The first kappa shape index (κ1) is 22.9. The zero-order valence-electron chi connectivity index (χ0n) is 18.5. The van der Waals surface area contributed by atoms with Crippen molar-refractivity contribution in [1.29, 1.82) is 0 Å². The number of fused-ring (bicyclic) bond motifs is 1. The molecule has 0 bridgehead atoms. The Morgan fingerprint density at radius 1 is 1.09 bits per heavy atom. The summed E-state index contributed by atoms with van der Waals surface area (Å²) in [4.78, 5) is 29.9. The van der Waals surface area contributed by atoms with Crippen LogP contribution >= 0.6 is 0 Å². The molecule has 2 aliphatic rings. The van der Waals surface area contributed by atoms with Crippen LogP contribution in [-0.4, -0.2) is 38.1 Å². The maximum absolute atomic E-state index is 12.4. The Morgan fingerprint density at radius 3 is 2.70 bits per heavy atom. The molecule has 0 saturated carbocycles. The molecule has 33 heavy (non-hydrogen) atoms. The third kappa shape index (κ3) is 6.36. The number of carbonyl (C=O) groups excluding carboxylic acids is 2. The van der Waals surface area contributed by atoms with Crippen LogP contribution in [0.4, 0.5) is 10.5 Å². The molecule has 2 aliphatic heterocycles. The summed E-state index contributed by atoms with van der Waals surface area (Å²) in [6.45, 7) is 0.786. The van der Waals surface area contributed by atoms with E-state index in [1.165, 1.54) is 0 Å². The minimum atomic E-state index is -0.644.